The van der Waals surface area contributed by atoms with Crippen molar-refractivity contribution in [3.05, 3.63) is 0 Å². The van der Waals surface area contributed by atoms with E-state index < -0.39 is 12.1 Å². The molecule has 6 heteroatoms. The minimum atomic E-state index is -0.628. The van der Waals surface area contributed by atoms with Gasteiger partial charge in [0.05, 0.1) is 0 Å². The average molecular weight is 370 g/mol. The molecule has 26 heavy (non-hydrogen) atoms. The highest BCUT2D eigenvalue weighted by atomic mass is 16.2. The lowest BCUT2D eigenvalue weighted by atomic mass is 10.0. The van der Waals surface area contributed by atoms with Gasteiger partial charge in [-0.05, 0) is 25.7 Å². The maximum absolute atomic E-state index is 12.8. The van der Waals surface area contributed by atoms with Crippen LogP contribution in [0.15, 0.2) is 0 Å². The summed E-state index contributed by atoms with van der Waals surface area (Å²) in [6.45, 7) is 12.6. The fraction of sp³-hybridized carbons (Fsp3) is 0.850. The van der Waals surface area contributed by atoms with Crippen molar-refractivity contribution in [3.8, 4) is 0 Å². The van der Waals surface area contributed by atoms with Crippen molar-refractivity contribution < 1.29 is 14.4 Å². The Hall–Kier alpha value is -1.59. The predicted molar refractivity (Wildman–Crippen MR) is 106 cm³/mol. The number of hydrogen-bond donors (Lipinski definition) is 2. The summed E-state index contributed by atoms with van der Waals surface area (Å²) in [7, 11) is 0. The molecular formula is C20H39N3O3. The van der Waals surface area contributed by atoms with Gasteiger partial charge in [0.25, 0.3) is 0 Å². The van der Waals surface area contributed by atoms with Gasteiger partial charge >= 0.3 is 0 Å². The maximum Gasteiger partial charge on any atom is 0.244 e. The third kappa shape index (κ3) is 9.78. The lowest BCUT2D eigenvalue weighted by Crippen LogP contribution is -2.54. The van der Waals surface area contributed by atoms with Crippen molar-refractivity contribution in [1.82, 2.24) is 15.5 Å². The van der Waals surface area contributed by atoms with E-state index >= 15 is 0 Å². The summed E-state index contributed by atoms with van der Waals surface area (Å²) in [5, 5.41) is 5.44. The van der Waals surface area contributed by atoms with Crippen molar-refractivity contribution in [2.24, 2.45) is 5.92 Å². The predicted octanol–water partition coefficient (Wildman–Crippen LogP) is 2.86. The molecule has 2 atom stereocenters. The Balaban J connectivity index is 4.84. The van der Waals surface area contributed by atoms with Crippen molar-refractivity contribution in [3.63, 3.8) is 0 Å². The molecule has 6 nitrogen and oxygen atoms in total. The SMILES string of the molecule is CCCCCN(CCCCC)C(=O)[C@H](C)NC(=O)[C@@H](NC(C)=O)C(C)C. The van der Waals surface area contributed by atoms with Crippen molar-refractivity contribution in [1.29, 1.82) is 0 Å². The highest BCUT2D eigenvalue weighted by Gasteiger charge is 2.27. The Kier molecular flexibility index (Phi) is 12.8. The first-order valence-electron chi connectivity index (χ1n) is 10.1. The van der Waals surface area contributed by atoms with Crippen LogP contribution in [0, 0.1) is 5.92 Å². The second kappa shape index (κ2) is 13.6. The number of nitrogens with zero attached hydrogens (tertiary/aromatic N) is 1. The van der Waals surface area contributed by atoms with E-state index in [2.05, 4.69) is 24.5 Å². The number of unbranched alkanes of at least 4 members (excludes halogenated alkanes) is 4. The zero-order valence-electron chi connectivity index (χ0n) is 17.6. The molecule has 0 unspecified atom stereocenters. The molecule has 0 aromatic rings. The third-order valence-electron chi connectivity index (χ3n) is 4.41. The second-order valence-corrected chi connectivity index (χ2v) is 7.39. The van der Waals surface area contributed by atoms with Gasteiger partial charge in [-0.2, -0.15) is 0 Å². The molecule has 0 fully saturated rings. The van der Waals surface area contributed by atoms with E-state index in [1.54, 1.807) is 6.92 Å². The van der Waals surface area contributed by atoms with Gasteiger partial charge in [-0.1, -0.05) is 53.4 Å². The van der Waals surface area contributed by atoms with Gasteiger partial charge in [0.15, 0.2) is 0 Å². The number of amides is 3. The van der Waals surface area contributed by atoms with E-state index in [-0.39, 0.29) is 23.6 Å². The maximum atomic E-state index is 12.8. The summed E-state index contributed by atoms with van der Waals surface area (Å²) in [4.78, 5) is 38.5. The zero-order chi connectivity index (χ0) is 20.1. The first-order chi connectivity index (χ1) is 12.2. The van der Waals surface area contributed by atoms with Crippen LogP contribution in [0.5, 0.6) is 0 Å². The Morgan fingerprint density at radius 2 is 1.35 bits per heavy atom. The van der Waals surface area contributed by atoms with Crippen molar-refractivity contribution >= 4 is 17.7 Å². The number of rotatable bonds is 13. The molecule has 0 saturated carbocycles. The standard InChI is InChI=1S/C20H39N3O3/c1-7-9-11-13-23(14-12-10-8-2)20(26)16(5)21-19(25)18(15(3)4)22-17(6)24/h15-16,18H,7-14H2,1-6H3,(H,21,25)(H,22,24)/t16-,18-/m0/s1. The molecule has 0 spiro atoms. The highest BCUT2D eigenvalue weighted by Crippen LogP contribution is 2.07. The molecule has 0 aromatic carbocycles. The van der Waals surface area contributed by atoms with Crippen molar-refractivity contribution in [2.75, 3.05) is 13.1 Å². The normalized spacial score (nSPS) is 13.2. The van der Waals surface area contributed by atoms with Crippen LogP contribution < -0.4 is 10.6 Å². The van der Waals surface area contributed by atoms with E-state index in [0.29, 0.717) is 0 Å². The van der Waals surface area contributed by atoms with Crippen LogP contribution >= 0.6 is 0 Å². The molecule has 0 rings (SSSR count). The Morgan fingerprint density at radius 3 is 1.73 bits per heavy atom. The molecular weight excluding hydrogens is 330 g/mol. The number of nitrogens with one attached hydrogen (secondary N) is 2. The van der Waals surface area contributed by atoms with Crippen molar-refractivity contribution in [2.45, 2.75) is 92.2 Å². The van der Waals surface area contributed by atoms with Crippen LogP contribution in [-0.2, 0) is 14.4 Å². The molecule has 0 radical (unpaired) electrons. The monoisotopic (exact) mass is 369 g/mol. The number of carbonyl (C=O) groups excluding carboxylic acids is 3. The second-order valence-electron chi connectivity index (χ2n) is 7.39. The molecule has 2 N–H and O–H groups in total. The van der Waals surface area contributed by atoms with E-state index in [1.165, 1.54) is 6.92 Å². The molecule has 0 aliphatic carbocycles. The van der Waals surface area contributed by atoms with Gasteiger partial charge in [-0.25, -0.2) is 0 Å². The Labute approximate surface area is 159 Å². The summed E-state index contributed by atoms with van der Waals surface area (Å²) in [6, 6.07) is -1.22. The molecule has 0 aliphatic heterocycles. The third-order valence-corrected chi connectivity index (χ3v) is 4.41. The smallest absolute Gasteiger partial charge is 0.244 e. The summed E-state index contributed by atoms with van der Waals surface area (Å²) >= 11 is 0. The molecule has 0 aliphatic rings. The van der Waals surface area contributed by atoms with E-state index in [9.17, 15) is 14.4 Å². The first kappa shape index (κ1) is 24.4. The Bertz CT molecular complexity index is 428. The minimum Gasteiger partial charge on any atom is -0.344 e. The molecule has 3 amide bonds. The summed E-state index contributed by atoms with van der Waals surface area (Å²) < 4.78 is 0. The quantitative estimate of drug-likeness (QED) is 0.490. The van der Waals surface area contributed by atoms with Crippen LogP contribution in [-0.4, -0.2) is 47.8 Å². The molecule has 0 heterocycles. The minimum absolute atomic E-state index is 0.0455. The number of carbonyl (C=O) groups is 3. The van der Waals surface area contributed by atoms with Gasteiger partial charge in [0.2, 0.25) is 17.7 Å². The lowest BCUT2D eigenvalue weighted by molar-refractivity contribution is -0.137. The van der Waals surface area contributed by atoms with Gasteiger partial charge < -0.3 is 15.5 Å². The van der Waals surface area contributed by atoms with Gasteiger partial charge in [-0.15, -0.1) is 0 Å². The van der Waals surface area contributed by atoms with Gasteiger partial charge in [0, 0.05) is 20.0 Å². The summed E-state index contributed by atoms with van der Waals surface area (Å²) in [6.07, 6.45) is 6.36. The molecule has 152 valence electrons. The average Bonchev–Trinajstić information content (AvgIpc) is 2.57. The topological polar surface area (TPSA) is 78.5 Å². The fourth-order valence-electron chi connectivity index (χ4n) is 2.83. The molecule has 0 saturated heterocycles. The molecule has 0 aromatic heterocycles. The van der Waals surface area contributed by atoms with Gasteiger partial charge in [0.1, 0.15) is 12.1 Å². The van der Waals surface area contributed by atoms with Crippen LogP contribution in [0.3, 0.4) is 0 Å². The van der Waals surface area contributed by atoms with E-state index in [0.717, 1.165) is 51.6 Å². The van der Waals surface area contributed by atoms with E-state index in [4.69, 9.17) is 0 Å². The van der Waals surface area contributed by atoms with Crippen LogP contribution in [0.25, 0.3) is 0 Å². The fourth-order valence-corrected chi connectivity index (χ4v) is 2.83. The summed E-state index contributed by atoms with van der Waals surface area (Å²) in [5.41, 5.74) is 0. The highest BCUT2D eigenvalue weighted by molar-refractivity contribution is 5.91. The lowest BCUT2D eigenvalue weighted by Gasteiger charge is -2.28. The summed E-state index contributed by atoms with van der Waals surface area (Å²) in [5.74, 6) is -0.654. The van der Waals surface area contributed by atoms with Crippen LogP contribution in [0.2, 0.25) is 0 Å². The van der Waals surface area contributed by atoms with Gasteiger partial charge in [-0.3, -0.25) is 14.4 Å². The van der Waals surface area contributed by atoms with Crippen LogP contribution in [0.1, 0.15) is 80.1 Å². The Morgan fingerprint density at radius 1 is 0.846 bits per heavy atom. The van der Waals surface area contributed by atoms with Crippen LogP contribution in [0.4, 0.5) is 0 Å². The van der Waals surface area contributed by atoms with E-state index in [1.807, 2.05) is 18.7 Å². The first-order valence-corrected chi connectivity index (χ1v) is 10.1. The largest absolute Gasteiger partial charge is 0.344 e. The zero-order valence-corrected chi connectivity index (χ0v) is 17.6. The molecule has 0 bridgehead atoms. The number of hydrogen-bond acceptors (Lipinski definition) is 3.